The van der Waals surface area contributed by atoms with Gasteiger partial charge in [0.1, 0.15) is 23.9 Å². The molecule has 0 heterocycles. The third-order valence-corrected chi connectivity index (χ3v) is 1.78. The van der Waals surface area contributed by atoms with Crippen LogP contribution in [0, 0.1) is 0 Å². The van der Waals surface area contributed by atoms with Gasteiger partial charge in [0.15, 0.2) is 0 Å². The Morgan fingerprint density at radius 3 is 2.47 bits per heavy atom. The van der Waals surface area contributed by atoms with Crippen molar-refractivity contribution < 1.29 is 13.9 Å². The van der Waals surface area contributed by atoms with Gasteiger partial charge in [-0.05, 0) is 30.3 Å². The standard InChI is InChI=1S/C11H14FNO2/c1-14-10-2-4-11(5-3-10)15-8-9(12)6-7-13/h2-6H,7-8,13H2,1H3/b9-6-. The molecule has 0 aliphatic carbocycles. The second-order valence-electron chi connectivity index (χ2n) is 2.85. The topological polar surface area (TPSA) is 44.5 Å². The maximum Gasteiger partial charge on any atom is 0.139 e. The highest BCUT2D eigenvalue weighted by Crippen LogP contribution is 2.17. The molecule has 3 nitrogen and oxygen atoms in total. The molecule has 0 aromatic heterocycles. The molecule has 0 aliphatic heterocycles. The average Bonchev–Trinajstić information content (AvgIpc) is 2.27. The van der Waals surface area contributed by atoms with Crippen LogP contribution in [0.15, 0.2) is 36.2 Å². The highest BCUT2D eigenvalue weighted by atomic mass is 19.1. The van der Waals surface area contributed by atoms with Gasteiger partial charge < -0.3 is 15.2 Å². The average molecular weight is 211 g/mol. The van der Waals surface area contributed by atoms with Crippen LogP contribution in [-0.4, -0.2) is 20.3 Å². The van der Waals surface area contributed by atoms with E-state index in [2.05, 4.69) is 0 Å². The van der Waals surface area contributed by atoms with Gasteiger partial charge in [0.05, 0.1) is 7.11 Å². The minimum atomic E-state index is -0.367. The van der Waals surface area contributed by atoms with Crippen molar-refractivity contribution in [3.05, 3.63) is 36.2 Å². The lowest BCUT2D eigenvalue weighted by molar-refractivity contribution is 0.317. The summed E-state index contributed by atoms with van der Waals surface area (Å²) in [6.07, 6.45) is 1.28. The fraction of sp³-hybridized carbons (Fsp3) is 0.273. The molecule has 0 radical (unpaired) electrons. The molecular weight excluding hydrogens is 197 g/mol. The van der Waals surface area contributed by atoms with Crippen LogP contribution in [0.5, 0.6) is 11.5 Å². The molecule has 82 valence electrons. The van der Waals surface area contributed by atoms with Crippen molar-refractivity contribution in [2.24, 2.45) is 5.73 Å². The SMILES string of the molecule is COc1ccc(OC/C(F)=C/CN)cc1. The van der Waals surface area contributed by atoms with Crippen molar-refractivity contribution in [3.8, 4) is 11.5 Å². The minimum absolute atomic E-state index is 0.0937. The first-order chi connectivity index (χ1) is 7.26. The van der Waals surface area contributed by atoms with Crippen molar-refractivity contribution in [2.75, 3.05) is 20.3 Å². The van der Waals surface area contributed by atoms with E-state index in [9.17, 15) is 4.39 Å². The Kier molecular flexibility index (Phi) is 4.63. The van der Waals surface area contributed by atoms with Gasteiger partial charge >= 0.3 is 0 Å². The van der Waals surface area contributed by atoms with Crippen molar-refractivity contribution in [2.45, 2.75) is 0 Å². The van der Waals surface area contributed by atoms with Crippen LogP contribution in [-0.2, 0) is 0 Å². The molecule has 0 bridgehead atoms. The number of methoxy groups -OCH3 is 1. The summed E-state index contributed by atoms with van der Waals surface area (Å²) in [6, 6.07) is 6.93. The summed E-state index contributed by atoms with van der Waals surface area (Å²) in [5.74, 6) is 0.963. The molecule has 0 spiro atoms. The van der Waals surface area contributed by atoms with Crippen molar-refractivity contribution in [1.82, 2.24) is 0 Å². The zero-order chi connectivity index (χ0) is 11.1. The van der Waals surface area contributed by atoms with E-state index in [-0.39, 0.29) is 19.0 Å². The normalized spacial score (nSPS) is 11.3. The van der Waals surface area contributed by atoms with Gasteiger partial charge in [-0.25, -0.2) is 4.39 Å². The molecule has 0 saturated heterocycles. The van der Waals surface area contributed by atoms with Crippen LogP contribution in [0.25, 0.3) is 0 Å². The molecule has 1 aromatic carbocycles. The molecule has 0 amide bonds. The number of rotatable bonds is 5. The van der Waals surface area contributed by atoms with E-state index in [4.69, 9.17) is 15.2 Å². The largest absolute Gasteiger partial charge is 0.497 e. The quantitative estimate of drug-likeness (QED) is 0.808. The van der Waals surface area contributed by atoms with E-state index in [0.29, 0.717) is 5.75 Å². The number of hydrogen-bond acceptors (Lipinski definition) is 3. The Labute approximate surface area is 88.3 Å². The first-order valence-electron chi connectivity index (χ1n) is 4.57. The Hall–Kier alpha value is -1.55. The maximum atomic E-state index is 12.9. The van der Waals surface area contributed by atoms with Crippen molar-refractivity contribution >= 4 is 0 Å². The maximum absolute atomic E-state index is 12.9. The molecule has 0 atom stereocenters. The van der Waals surface area contributed by atoms with E-state index in [1.807, 2.05) is 0 Å². The van der Waals surface area contributed by atoms with Crippen LogP contribution in [0.3, 0.4) is 0 Å². The zero-order valence-corrected chi connectivity index (χ0v) is 8.57. The first-order valence-corrected chi connectivity index (χ1v) is 4.57. The summed E-state index contributed by atoms with van der Waals surface area (Å²) in [5.41, 5.74) is 5.15. The molecule has 1 aromatic rings. The molecule has 0 aliphatic rings. The fourth-order valence-electron chi connectivity index (χ4n) is 1.01. The van der Waals surface area contributed by atoms with Crippen LogP contribution in [0.2, 0.25) is 0 Å². The number of benzene rings is 1. The molecule has 0 fully saturated rings. The second kappa shape index (κ2) is 6.03. The smallest absolute Gasteiger partial charge is 0.139 e. The zero-order valence-electron chi connectivity index (χ0n) is 8.57. The molecule has 15 heavy (non-hydrogen) atoms. The predicted octanol–water partition coefficient (Wildman–Crippen LogP) is 1.89. The lowest BCUT2D eigenvalue weighted by Gasteiger charge is -2.05. The van der Waals surface area contributed by atoms with Crippen LogP contribution < -0.4 is 15.2 Å². The Morgan fingerprint density at radius 1 is 1.33 bits per heavy atom. The van der Waals surface area contributed by atoms with Crippen LogP contribution >= 0.6 is 0 Å². The summed E-state index contributed by atoms with van der Waals surface area (Å²) in [7, 11) is 1.58. The fourth-order valence-corrected chi connectivity index (χ4v) is 1.01. The third kappa shape index (κ3) is 3.99. The molecule has 2 N–H and O–H groups in total. The first kappa shape index (κ1) is 11.5. The lowest BCUT2D eigenvalue weighted by Crippen LogP contribution is -2.01. The summed E-state index contributed by atoms with van der Waals surface area (Å²) >= 11 is 0. The summed E-state index contributed by atoms with van der Waals surface area (Å²) in [6.45, 7) is 0.0847. The highest BCUT2D eigenvalue weighted by Gasteiger charge is 1.97. The number of hydrogen-bond donors (Lipinski definition) is 1. The van der Waals surface area contributed by atoms with E-state index in [0.717, 1.165) is 5.75 Å². The second-order valence-corrected chi connectivity index (χ2v) is 2.85. The summed E-state index contributed by atoms with van der Waals surface area (Å²) < 4.78 is 23.0. The number of ether oxygens (including phenoxy) is 2. The van der Waals surface area contributed by atoms with Crippen molar-refractivity contribution in [3.63, 3.8) is 0 Å². The van der Waals surface area contributed by atoms with E-state index in [1.165, 1.54) is 6.08 Å². The van der Waals surface area contributed by atoms with Gasteiger partial charge in [0.25, 0.3) is 0 Å². The van der Waals surface area contributed by atoms with Gasteiger partial charge in [-0.2, -0.15) is 0 Å². The predicted molar refractivity (Wildman–Crippen MR) is 56.7 cm³/mol. The Balaban J connectivity index is 2.47. The van der Waals surface area contributed by atoms with Gasteiger partial charge in [-0.15, -0.1) is 0 Å². The summed E-state index contributed by atoms with van der Waals surface area (Å²) in [4.78, 5) is 0. The molecule has 4 heteroatoms. The number of halogens is 1. The molecule has 0 saturated carbocycles. The van der Waals surface area contributed by atoms with Crippen molar-refractivity contribution in [1.29, 1.82) is 0 Å². The van der Waals surface area contributed by atoms with E-state index >= 15 is 0 Å². The number of nitrogens with two attached hydrogens (primary N) is 1. The van der Waals surface area contributed by atoms with Gasteiger partial charge in [0, 0.05) is 6.54 Å². The molecular formula is C11H14FNO2. The molecule has 0 unspecified atom stereocenters. The van der Waals surface area contributed by atoms with Gasteiger partial charge in [-0.1, -0.05) is 0 Å². The molecule has 1 rings (SSSR count). The van der Waals surface area contributed by atoms with Gasteiger partial charge in [0.2, 0.25) is 0 Å². The van der Waals surface area contributed by atoms with E-state index in [1.54, 1.807) is 31.4 Å². The van der Waals surface area contributed by atoms with Gasteiger partial charge in [-0.3, -0.25) is 0 Å². The van der Waals surface area contributed by atoms with Crippen LogP contribution in [0.1, 0.15) is 0 Å². The Morgan fingerprint density at radius 2 is 1.93 bits per heavy atom. The summed E-state index contributed by atoms with van der Waals surface area (Å²) in [5, 5.41) is 0. The minimum Gasteiger partial charge on any atom is -0.497 e. The Bertz CT molecular complexity index is 322. The third-order valence-electron chi connectivity index (χ3n) is 1.78. The lowest BCUT2D eigenvalue weighted by atomic mass is 10.3. The monoisotopic (exact) mass is 211 g/mol. The highest BCUT2D eigenvalue weighted by molar-refractivity contribution is 5.31. The van der Waals surface area contributed by atoms with E-state index < -0.39 is 0 Å². The van der Waals surface area contributed by atoms with Crippen LogP contribution in [0.4, 0.5) is 4.39 Å².